The average Bonchev–Trinajstić information content (AvgIpc) is 3.26. The van der Waals surface area contributed by atoms with Crippen LogP contribution in [0.5, 0.6) is 17.2 Å². The molecule has 11 nitrogen and oxygen atoms in total. The largest absolute Gasteiger partial charge is 0.493 e. The van der Waals surface area contributed by atoms with Crippen LogP contribution in [0.1, 0.15) is 53.7 Å². The summed E-state index contributed by atoms with van der Waals surface area (Å²) in [7, 11) is 6.21. The van der Waals surface area contributed by atoms with Crippen molar-refractivity contribution >= 4 is 29.1 Å². The Kier molecular flexibility index (Phi) is 10.4. The summed E-state index contributed by atoms with van der Waals surface area (Å²) in [4.78, 5) is 49.8. The Bertz CT molecular complexity index is 1610. The van der Waals surface area contributed by atoms with Crippen LogP contribution in [0.4, 0.5) is 11.4 Å². The first-order valence-electron chi connectivity index (χ1n) is 14.3. The van der Waals surface area contributed by atoms with E-state index >= 15 is 0 Å². The Labute approximate surface area is 256 Å². The Morgan fingerprint density at radius 3 is 2.30 bits per heavy atom. The number of nitrogens with one attached hydrogen (secondary N) is 4. The Balaban J connectivity index is 1.56. The van der Waals surface area contributed by atoms with Gasteiger partial charge in [0.2, 0.25) is 23.0 Å². The van der Waals surface area contributed by atoms with Crippen LogP contribution in [0, 0.1) is 0 Å². The van der Waals surface area contributed by atoms with Crippen LogP contribution in [0.25, 0.3) is 11.1 Å². The molecule has 0 aromatic heterocycles. The number of amides is 3. The van der Waals surface area contributed by atoms with Crippen LogP contribution in [-0.2, 0) is 16.0 Å². The summed E-state index contributed by atoms with van der Waals surface area (Å²) in [5.41, 5.74) is 4.33. The zero-order chi connectivity index (χ0) is 31.8. The number of hydrogen-bond acceptors (Lipinski definition) is 8. The predicted octanol–water partition coefficient (Wildman–Crippen LogP) is 4.05. The Morgan fingerprint density at radius 2 is 1.66 bits per heavy atom. The molecule has 0 radical (unpaired) electrons. The molecule has 11 heteroatoms. The lowest BCUT2D eigenvalue weighted by molar-refractivity contribution is -0.119. The van der Waals surface area contributed by atoms with E-state index in [1.807, 2.05) is 12.1 Å². The zero-order valence-electron chi connectivity index (χ0n) is 25.6. The highest BCUT2D eigenvalue weighted by atomic mass is 16.5. The molecule has 0 bridgehead atoms. The molecule has 3 amide bonds. The van der Waals surface area contributed by atoms with Crippen LogP contribution in [-0.4, -0.2) is 52.6 Å². The minimum absolute atomic E-state index is 0.182. The van der Waals surface area contributed by atoms with Crippen molar-refractivity contribution in [2.75, 3.05) is 45.6 Å². The van der Waals surface area contributed by atoms with Crippen molar-refractivity contribution in [1.82, 2.24) is 10.6 Å². The third kappa shape index (κ3) is 7.11. The molecule has 0 aliphatic heterocycles. The number of carbonyl (C=O) groups excluding carboxylic acids is 3. The van der Waals surface area contributed by atoms with E-state index in [0.717, 1.165) is 16.7 Å². The van der Waals surface area contributed by atoms with Crippen molar-refractivity contribution in [3.63, 3.8) is 0 Å². The first kappa shape index (κ1) is 31.9. The molecule has 0 spiro atoms. The van der Waals surface area contributed by atoms with Crippen LogP contribution in [0.15, 0.2) is 53.3 Å². The lowest BCUT2D eigenvalue weighted by atomic mass is 9.95. The topological polar surface area (TPSA) is 144 Å². The van der Waals surface area contributed by atoms with Gasteiger partial charge in [-0.05, 0) is 78.4 Å². The fourth-order valence-corrected chi connectivity index (χ4v) is 5.40. The number of aryl methyl sites for hydroxylation is 1. The van der Waals surface area contributed by atoms with Crippen LogP contribution in [0.2, 0.25) is 0 Å². The predicted molar refractivity (Wildman–Crippen MR) is 169 cm³/mol. The molecular weight excluding hydrogens is 564 g/mol. The molecule has 1 aliphatic carbocycles. The summed E-state index contributed by atoms with van der Waals surface area (Å²) in [6.45, 7) is 1.83. The van der Waals surface area contributed by atoms with Gasteiger partial charge in [0.05, 0.1) is 33.1 Å². The van der Waals surface area contributed by atoms with Crippen molar-refractivity contribution in [2.45, 2.75) is 38.6 Å². The highest BCUT2D eigenvalue weighted by Crippen LogP contribution is 2.50. The van der Waals surface area contributed by atoms with E-state index in [1.54, 1.807) is 57.7 Å². The summed E-state index contributed by atoms with van der Waals surface area (Å²) in [6.07, 6.45) is 1.87. The van der Waals surface area contributed by atoms with Gasteiger partial charge < -0.3 is 35.5 Å². The number of hydrogen-bond donors (Lipinski definition) is 4. The van der Waals surface area contributed by atoms with E-state index < -0.39 is 6.04 Å². The van der Waals surface area contributed by atoms with E-state index in [0.29, 0.717) is 65.6 Å². The normalized spacial score (nSPS) is 13.3. The lowest BCUT2D eigenvalue weighted by Crippen LogP contribution is -2.26. The van der Waals surface area contributed by atoms with E-state index in [2.05, 4.69) is 21.3 Å². The average molecular weight is 603 g/mol. The molecule has 0 heterocycles. The molecule has 44 heavy (non-hydrogen) atoms. The first-order valence-corrected chi connectivity index (χ1v) is 14.3. The van der Waals surface area contributed by atoms with E-state index in [1.165, 1.54) is 14.0 Å². The molecule has 232 valence electrons. The SMILES string of the molecule is CNC(=O)c1ccc(NC(=O)CCCNc2ccc3c(cc2=O)C(NC(C)=O)CCc2cc(OC)c(OC)c(OC)c2-3)cc1. The number of rotatable bonds is 11. The van der Waals surface area contributed by atoms with Crippen molar-refractivity contribution < 1.29 is 28.6 Å². The molecule has 3 aromatic carbocycles. The van der Waals surface area contributed by atoms with Gasteiger partial charge in [-0.2, -0.15) is 0 Å². The van der Waals surface area contributed by atoms with Gasteiger partial charge in [-0.1, -0.05) is 6.07 Å². The molecule has 0 saturated heterocycles. The fourth-order valence-electron chi connectivity index (χ4n) is 5.40. The number of anilines is 2. The second-order valence-electron chi connectivity index (χ2n) is 10.3. The van der Waals surface area contributed by atoms with E-state index in [4.69, 9.17) is 14.2 Å². The zero-order valence-corrected chi connectivity index (χ0v) is 25.6. The van der Waals surface area contributed by atoms with Crippen LogP contribution in [0.3, 0.4) is 0 Å². The van der Waals surface area contributed by atoms with Gasteiger partial charge in [-0.25, -0.2) is 0 Å². The van der Waals surface area contributed by atoms with Crippen LogP contribution >= 0.6 is 0 Å². The van der Waals surface area contributed by atoms with Crippen molar-refractivity contribution in [3.05, 3.63) is 75.4 Å². The second kappa shape index (κ2) is 14.4. The van der Waals surface area contributed by atoms with Gasteiger partial charge >= 0.3 is 0 Å². The van der Waals surface area contributed by atoms with Crippen molar-refractivity contribution in [3.8, 4) is 28.4 Å². The molecule has 3 aromatic rings. The number of fused-ring (bicyclic) bond motifs is 3. The van der Waals surface area contributed by atoms with Crippen molar-refractivity contribution in [1.29, 1.82) is 0 Å². The number of carbonyl (C=O) groups is 3. The molecule has 0 fully saturated rings. The summed E-state index contributed by atoms with van der Waals surface area (Å²) in [5.74, 6) is 0.857. The van der Waals surface area contributed by atoms with Gasteiger partial charge in [0.1, 0.15) is 0 Å². The number of benzene rings is 2. The summed E-state index contributed by atoms with van der Waals surface area (Å²) < 4.78 is 17.0. The molecule has 4 N–H and O–H groups in total. The Morgan fingerprint density at radius 1 is 0.932 bits per heavy atom. The van der Waals surface area contributed by atoms with Crippen molar-refractivity contribution in [2.24, 2.45) is 0 Å². The smallest absolute Gasteiger partial charge is 0.251 e. The molecule has 1 unspecified atom stereocenters. The maximum absolute atomic E-state index is 13.4. The van der Waals surface area contributed by atoms with Gasteiger partial charge in [-0.15, -0.1) is 0 Å². The molecule has 1 aliphatic rings. The third-order valence-corrected chi connectivity index (χ3v) is 7.47. The lowest BCUT2D eigenvalue weighted by Gasteiger charge is -2.19. The van der Waals surface area contributed by atoms with Gasteiger partial charge in [0.25, 0.3) is 5.91 Å². The quantitative estimate of drug-likeness (QED) is 0.241. The minimum Gasteiger partial charge on any atom is -0.493 e. The van der Waals surface area contributed by atoms with Gasteiger partial charge in [0.15, 0.2) is 11.5 Å². The highest BCUT2D eigenvalue weighted by molar-refractivity contribution is 5.95. The number of methoxy groups -OCH3 is 3. The van der Waals surface area contributed by atoms with Crippen LogP contribution < -0.4 is 40.9 Å². The van der Waals surface area contributed by atoms with Gasteiger partial charge in [-0.3, -0.25) is 19.2 Å². The maximum atomic E-state index is 13.4. The van der Waals surface area contributed by atoms with E-state index in [-0.39, 0.29) is 29.6 Å². The second-order valence-corrected chi connectivity index (χ2v) is 10.3. The number of ether oxygens (including phenoxy) is 3. The van der Waals surface area contributed by atoms with Gasteiger partial charge in [0, 0.05) is 43.8 Å². The third-order valence-electron chi connectivity index (χ3n) is 7.47. The standard InChI is InChI=1S/C33H38N4O7/c1-19(38)36-25-14-10-21-17-28(42-3)31(43-4)32(44-5)30(21)23-13-15-26(27(39)18-24(23)25)35-16-6-7-29(40)37-22-11-8-20(9-12-22)33(41)34-2/h8-9,11-13,15,17-18,25H,6-7,10,14,16H2,1-5H3,(H,34,41)(H,35,39)(H,36,38)(H,37,40). The maximum Gasteiger partial charge on any atom is 0.251 e. The van der Waals surface area contributed by atoms with E-state index in [9.17, 15) is 19.2 Å². The highest BCUT2D eigenvalue weighted by Gasteiger charge is 2.29. The summed E-state index contributed by atoms with van der Waals surface area (Å²) in [6, 6.07) is 13.2. The minimum atomic E-state index is -0.404. The summed E-state index contributed by atoms with van der Waals surface area (Å²) in [5, 5.41) is 11.5. The molecule has 1 atom stereocenters. The molecular formula is C33H38N4O7. The molecule has 0 saturated carbocycles. The first-order chi connectivity index (χ1) is 21.2. The monoisotopic (exact) mass is 602 g/mol. The summed E-state index contributed by atoms with van der Waals surface area (Å²) >= 11 is 0. The fraction of sp³-hybridized carbons (Fsp3) is 0.333. The Hall–Kier alpha value is -5.06. The molecule has 4 rings (SSSR count).